The Balaban J connectivity index is 2.04. The predicted molar refractivity (Wildman–Crippen MR) is 70.2 cm³/mol. The predicted octanol–water partition coefficient (Wildman–Crippen LogP) is 1.45. The van der Waals surface area contributed by atoms with Gasteiger partial charge in [-0.25, -0.2) is 0 Å². The van der Waals surface area contributed by atoms with Crippen molar-refractivity contribution in [3.05, 3.63) is 24.4 Å². The van der Waals surface area contributed by atoms with Crippen LogP contribution in [0, 0.1) is 0 Å². The first-order valence-corrected chi connectivity index (χ1v) is 6.00. The van der Waals surface area contributed by atoms with Crippen LogP contribution in [0.4, 0.5) is 5.82 Å². The summed E-state index contributed by atoms with van der Waals surface area (Å²) in [6.45, 7) is 1.19. The number of nitrogens with zero attached hydrogens (tertiary/aromatic N) is 1. The number of benzene rings is 1. The van der Waals surface area contributed by atoms with Crippen LogP contribution in [0.2, 0.25) is 0 Å². The van der Waals surface area contributed by atoms with Gasteiger partial charge in [-0.15, -0.1) is 0 Å². The summed E-state index contributed by atoms with van der Waals surface area (Å²) in [7, 11) is 1.61. The number of ether oxygens (including phenoxy) is 3. The molecular weight excluding hydrogens is 246 g/mol. The van der Waals surface area contributed by atoms with Crippen molar-refractivity contribution < 1.29 is 14.2 Å². The average Bonchev–Trinajstić information content (AvgIpc) is 2.79. The Kier molecular flexibility index (Phi) is 3.00. The molecule has 0 bridgehead atoms. The Morgan fingerprint density at radius 2 is 2.21 bits per heavy atom. The molecule has 0 amide bonds. The van der Waals surface area contributed by atoms with Gasteiger partial charge in [-0.3, -0.25) is 5.10 Å². The molecule has 19 heavy (non-hydrogen) atoms. The number of rotatable bonds is 4. The van der Waals surface area contributed by atoms with Crippen LogP contribution < -0.4 is 15.2 Å². The van der Waals surface area contributed by atoms with Crippen molar-refractivity contribution in [3.8, 4) is 22.6 Å². The van der Waals surface area contributed by atoms with Gasteiger partial charge in [-0.05, 0) is 6.07 Å². The SMILES string of the molecule is COc1cccc(-c2cn[nH]c2N)c1OC1COC1. The maximum atomic E-state index is 5.94. The van der Waals surface area contributed by atoms with E-state index < -0.39 is 0 Å². The molecule has 1 saturated heterocycles. The van der Waals surface area contributed by atoms with Gasteiger partial charge in [0.1, 0.15) is 11.9 Å². The highest BCUT2D eigenvalue weighted by atomic mass is 16.6. The number of nitrogen functional groups attached to an aromatic ring is 1. The van der Waals surface area contributed by atoms with Gasteiger partial charge >= 0.3 is 0 Å². The Hall–Kier alpha value is -2.21. The van der Waals surface area contributed by atoms with Gasteiger partial charge in [0.25, 0.3) is 0 Å². The van der Waals surface area contributed by atoms with Gasteiger partial charge in [0.2, 0.25) is 0 Å². The lowest BCUT2D eigenvalue weighted by atomic mass is 10.1. The molecule has 1 aromatic heterocycles. The summed E-state index contributed by atoms with van der Waals surface area (Å²) in [5, 5.41) is 6.66. The Bertz CT molecular complexity index is 578. The van der Waals surface area contributed by atoms with Gasteiger partial charge in [0, 0.05) is 11.1 Å². The standard InChI is InChI=1S/C13H15N3O3/c1-17-11-4-2-3-9(10-5-15-16-13(10)14)12(11)19-8-6-18-7-8/h2-5,8H,6-7H2,1H3,(H3,14,15,16). The molecule has 1 aliphatic heterocycles. The monoisotopic (exact) mass is 261 g/mol. The first kappa shape index (κ1) is 11.9. The largest absolute Gasteiger partial charge is 0.493 e. The zero-order chi connectivity index (χ0) is 13.2. The molecule has 2 heterocycles. The summed E-state index contributed by atoms with van der Waals surface area (Å²) in [6.07, 6.45) is 1.73. The van der Waals surface area contributed by atoms with Crippen molar-refractivity contribution in [2.75, 3.05) is 26.1 Å². The van der Waals surface area contributed by atoms with Gasteiger partial charge in [-0.1, -0.05) is 12.1 Å². The lowest BCUT2D eigenvalue weighted by molar-refractivity contribution is -0.0801. The summed E-state index contributed by atoms with van der Waals surface area (Å²) in [6, 6.07) is 5.68. The minimum Gasteiger partial charge on any atom is -0.493 e. The zero-order valence-electron chi connectivity index (χ0n) is 10.6. The molecule has 1 aliphatic rings. The third kappa shape index (κ3) is 2.10. The van der Waals surface area contributed by atoms with E-state index >= 15 is 0 Å². The van der Waals surface area contributed by atoms with E-state index in [2.05, 4.69) is 10.2 Å². The lowest BCUT2D eigenvalue weighted by Crippen LogP contribution is -2.38. The van der Waals surface area contributed by atoms with Crippen molar-refractivity contribution in [1.29, 1.82) is 0 Å². The zero-order valence-corrected chi connectivity index (χ0v) is 10.6. The minimum absolute atomic E-state index is 0.0585. The fraction of sp³-hybridized carbons (Fsp3) is 0.308. The van der Waals surface area contributed by atoms with E-state index in [1.54, 1.807) is 13.3 Å². The van der Waals surface area contributed by atoms with E-state index in [1.165, 1.54) is 0 Å². The van der Waals surface area contributed by atoms with Gasteiger partial charge in [0.05, 0.1) is 26.5 Å². The Labute approximate surface area is 110 Å². The molecule has 0 unspecified atom stereocenters. The lowest BCUT2D eigenvalue weighted by Gasteiger charge is -2.28. The highest BCUT2D eigenvalue weighted by Gasteiger charge is 2.24. The fourth-order valence-electron chi connectivity index (χ4n) is 1.97. The molecule has 100 valence electrons. The number of para-hydroxylation sites is 1. The van der Waals surface area contributed by atoms with Crippen LogP contribution in [0.1, 0.15) is 0 Å². The highest BCUT2D eigenvalue weighted by Crippen LogP contribution is 2.40. The molecule has 3 rings (SSSR count). The van der Waals surface area contributed by atoms with Gasteiger partial charge in [0.15, 0.2) is 11.5 Å². The third-order valence-electron chi connectivity index (χ3n) is 3.05. The molecule has 2 aromatic rings. The molecule has 0 aliphatic carbocycles. The highest BCUT2D eigenvalue weighted by molar-refractivity contribution is 5.80. The molecular formula is C13H15N3O3. The van der Waals surface area contributed by atoms with Crippen LogP contribution in [0.3, 0.4) is 0 Å². The van der Waals surface area contributed by atoms with Crippen molar-refractivity contribution in [3.63, 3.8) is 0 Å². The Morgan fingerprint density at radius 3 is 2.79 bits per heavy atom. The first-order chi connectivity index (χ1) is 9.29. The van der Waals surface area contributed by atoms with E-state index in [1.807, 2.05) is 18.2 Å². The average molecular weight is 261 g/mol. The maximum absolute atomic E-state index is 5.94. The summed E-state index contributed by atoms with van der Waals surface area (Å²) < 4.78 is 16.4. The summed E-state index contributed by atoms with van der Waals surface area (Å²) in [4.78, 5) is 0. The second-order valence-electron chi connectivity index (χ2n) is 4.31. The smallest absolute Gasteiger partial charge is 0.169 e. The molecule has 6 nitrogen and oxygen atoms in total. The number of anilines is 1. The number of nitrogens with two attached hydrogens (primary N) is 1. The van der Waals surface area contributed by atoms with Crippen molar-refractivity contribution in [2.24, 2.45) is 0 Å². The van der Waals surface area contributed by atoms with Gasteiger partial charge < -0.3 is 19.9 Å². The van der Waals surface area contributed by atoms with Gasteiger partial charge in [-0.2, -0.15) is 5.10 Å². The molecule has 1 fully saturated rings. The summed E-state index contributed by atoms with van der Waals surface area (Å²) in [5.41, 5.74) is 7.53. The normalized spacial score (nSPS) is 15.0. The van der Waals surface area contributed by atoms with E-state index in [9.17, 15) is 0 Å². The topological polar surface area (TPSA) is 82.4 Å². The maximum Gasteiger partial charge on any atom is 0.169 e. The van der Waals surface area contributed by atoms with E-state index in [-0.39, 0.29) is 6.10 Å². The summed E-state index contributed by atoms with van der Waals surface area (Å²) in [5.74, 6) is 1.85. The van der Waals surface area contributed by atoms with E-state index in [0.717, 1.165) is 11.1 Å². The van der Waals surface area contributed by atoms with E-state index in [4.69, 9.17) is 19.9 Å². The number of hydrogen-bond acceptors (Lipinski definition) is 5. The number of aromatic amines is 1. The van der Waals surface area contributed by atoms with Crippen LogP contribution in [0.5, 0.6) is 11.5 Å². The number of hydrogen-bond donors (Lipinski definition) is 2. The molecule has 0 radical (unpaired) electrons. The molecule has 3 N–H and O–H groups in total. The van der Waals surface area contributed by atoms with E-state index in [0.29, 0.717) is 30.5 Å². The number of nitrogens with one attached hydrogen (secondary N) is 1. The van der Waals surface area contributed by atoms with Crippen molar-refractivity contribution in [2.45, 2.75) is 6.10 Å². The van der Waals surface area contributed by atoms with Crippen molar-refractivity contribution in [1.82, 2.24) is 10.2 Å². The molecule has 1 aromatic carbocycles. The van der Waals surface area contributed by atoms with Crippen LogP contribution in [0.15, 0.2) is 24.4 Å². The number of H-pyrrole nitrogens is 1. The molecule has 0 spiro atoms. The minimum atomic E-state index is 0.0585. The second-order valence-corrected chi connectivity index (χ2v) is 4.31. The fourth-order valence-corrected chi connectivity index (χ4v) is 1.97. The number of aromatic nitrogens is 2. The van der Waals surface area contributed by atoms with Crippen LogP contribution in [-0.2, 0) is 4.74 Å². The number of methoxy groups -OCH3 is 1. The van der Waals surface area contributed by atoms with Crippen LogP contribution >= 0.6 is 0 Å². The van der Waals surface area contributed by atoms with Crippen molar-refractivity contribution >= 4 is 5.82 Å². The van der Waals surface area contributed by atoms with Crippen LogP contribution in [0.25, 0.3) is 11.1 Å². The molecule has 0 saturated carbocycles. The Morgan fingerprint density at radius 1 is 1.37 bits per heavy atom. The molecule has 0 atom stereocenters. The quantitative estimate of drug-likeness (QED) is 0.870. The third-order valence-corrected chi connectivity index (χ3v) is 3.05. The first-order valence-electron chi connectivity index (χ1n) is 6.00. The second kappa shape index (κ2) is 4.81. The molecule has 6 heteroatoms. The summed E-state index contributed by atoms with van der Waals surface area (Å²) >= 11 is 0. The van der Waals surface area contributed by atoms with Crippen LogP contribution in [-0.4, -0.2) is 36.6 Å².